The number of carboxylic acid groups (broad SMARTS) is 1. The van der Waals surface area contributed by atoms with Crippen LogP contribution in [0.15, 0.2) is 36.4 Å². The number of aliphatic carboxylic acids is 1. The van der Waals surface area contributed by atoms with Gasteiger partial charge >= 0.3 is 5.97 Å². The van der Waals surface area contributed by atoms with Gasteiger partial charge in [-0.1, -0.05) is 19.1 Å². The fourth-order valence-electron chi connectivity index (χ4n) is 2.68. The highest BCUT2D eigenvalue weighted by Gasteiger charge is 2.14. The molecule has 0 saturated carbocycles. The Bertz CT molecular complexity index is 938. The molecule has 2 aromatic heterocycles. The Kier molecular flexibility index (Phi) is 5.27. The molecule has 1 aromatic carbocycles. The van der Waals surface area contributed by atoms with Crippen LogP contribution < -0.4 is 5.32 Å². The van der Waals surface area contributed by atoms with Gasteiger partial charge in [-0.2, -0.15) is 4.39 Å². The molecule has 3 rings (SSSR count). The summed E-state index contributed by atoms with van der Waals surface area (Å²) in [5.41, 5.74) is 3.36. The predicted octanol–water partition coefficient (Wildman–Crippen LogP) is 4.59. The van der Waals surface area contributed by atoms with Gasteiger partial charge in [0.2, 0.25) is 0 Å². The van der Waals surface area contributed by atoms with E-state index in [2.05, 4.69) is 15.3 Å². The molecule has 0 amide bonds. The van der Waals surface area contributed by atoms with E-state index in [1.54, 1.807) is 18.2 Å². The van der Waals surface area contributed by atoms with E-state index in [0.717, 1.165) is 40.3 Å². The molecule has 0 spiro atoms. The number of halogens is 1. The molecule has 0 radical (unpaired) electrons. The molecule has 26 heavy (non-hydrogen) atoms. The normalized spacial score (nSPS) is 10.7. The van der Waals surface area contributed by atoms with E-state index in [1.165, 1.54) is 6.07 Å². The minimum absolute atomic E-state index is 0.0127. The van der Waals surface area contributed by atoms with Gasteiger partial charge < -0.3 is 10.4 Å². The molecular formula is C19H18FN3O2S. The highest BCUT2D eigenvalue weighted by atomic mass is 32.1. The molecule has 0 fully saturated rings. The quantitative estimate of drug-likeness (QED) is 0.663. The van der Waals surface area contributed by atoms with Crippen molar-refractivity contribution < 1.29 is 14.3 Å². The number of aromatic nitrogens is 2. The Hall–Kier alpha value is -2.80. The number of aryl methyl sites for hydroxylation is 1. The summed E-state index contributed by atoms with van der Waals surface area (Å²) in [6.07, 6.45) is 0.742. The monoisotopic (exact) mass is 371 g/mol. The number of thiophene rings is 1. The molecule has 3 aromatic rings. The number of anilines is 2. The van der Waals surface area contributed by atoms with E-state index in [4.69, 9.17) is 5.11 Å². The SMILES string of the molecule is CCc1c(C)nc(-c2ccc(F)s2)nc1Nc1ccc(CC(=O)O)cc1. The lowest BCUT2D eigenvalue weighted by atomic mass is 10.1. The van der Waals surface area contributed by atoms with Crippen LogP contribution in [0.2, 0.25) is 0 Å². The molecule has 7 heteroatoms. The molecule has 5 nitrogen and oxygen atoms in total. The Morgan fingerprint density at radius 1 is 1.19 bits per heavy atom. The largest absolute Gasteiger partial charge is 0.481 e. The first-order chi connectivity index (χ1) is 12.5. The lowest BCUT2D eigenvalue weighted by molar-refractivity contribution is -0.136. The summed E-state index contributed by atoms with van der Waals surface area (Å²) < 4.78 is 13.3. The van der Waals surface area contributed by atoms with Crippen LogP contribution in [0.4, 0.5) is 15.9 Å². The first kappa shape index (κ1) is 18.0. The van der Waals surface area contributed by atoms with Gasteiger partial charge in [0.1, 0.15) is 5.82 Å². The number of nitrogens with one attached hydrogen (secondary N) is 1. The third-order valence-electron chi connectivity index (χ3n) is 3.93. The summed E-state index contributed by atoms with van der Waals surface area (Å²) in [4.78, 5) is 20.5. The summed E-state index contributed by atoms with van der Waals surface area (Å²) in [6, 6.07) is 10.3. The van der Waals surface area contributed by atoms with Crippen LogP contribution in [0.25, 0.3) is 10.7 Å². The number of hydrogen-bond donors (Lipinski definition) is 2. The summed E-state index contributed by atoms with van der Waals surface area (Å²) in [7, 11) is 0. The maximum atomic E-state index is 13.3. The maximum Gasteiger partial charge on any atom is 0.307 e. The highest BCUT2D eigenvalue weighted by molar-refractivity contribution is 7.13. The minimum atomic E-state index is -0.863. The fourth-order valence-corrected chi connectivity index (χ4v) is 3.35. The van der Waals surface area contributed by atoms with Crippen molar-refractivity contribution >= 4 is 28.8 Å². The van der Waals surface area contributed by atoms with Gasteiger partial charge in [-0.25, -0.2) is 9.97 Å². The van der Waals surface area contributed by atoms with Crippen LogP contribution in [0.5, 0.6) is 0 Å². The van der Waals surface area contributed by atoms with Gasteiger partial charge in [-0.15, -0.1) is 11.3 Å². The van der Waals surface area contributed by atoms with Crippen LogP contribution in [0.1, 0.15) is 23.7 Å². The van der Waals surface area contributed by atoms with E-state index < -0.39 is 5.97 Å². The Balaban J connectivity index is 1.92. The predicted molar refractivity (Wildman–Crippen MR) is 100 cm³/mol. The zero-order valence-electron chi connectivity index (χ0n) is 14.4. The summed E-state index contributed by atoms with van der Waals surface area (Å²) >= 11 is 1.01. The average molecular weight is 371 g/mol. The molecule has 0 aliphatic rings. The third-order valence-corrected chi connectivity index (χ3v) is 4.80. The summed E-state index contributed by atoms with van der Waals surface area (Å²) in [5, 5.41) is 11.9. The second-order valence-electron chi connectivity index (χ2n) is 5.81. The van der Waals surface area contributed by atoms with Crippen molar-refractivity contribution in [3.8, 4) is 10.7 Å². The smallest absolute Gasteiger partial charge is 0.307 e. The molecule has 0 aliphatic carbocycles. The average Bonchev–Trinajstić information content (AvgIpc) is 3.02. The molecular weight excluding hydrogens is 353 g/mol. The van der Waals surface area contributed by atoms with Crippen molar-refractivity contribution in [3.63, 3.8) is 0 Å². The lowest BCUT2D eigenvalue weighted by Gasteiger charge is -2.14. The maximum absolute atomic E-state index is 13.3. The van der Waals surface area contributed by atoms with E-state index in [9.17, 15) is 9.18 Å². The molecule has 2 N–H and O–H groups in total. The van der Waals surface area contributed by atoms with Gasteiger partial charge in [0, 0.05) is 16.9 Å². The molecule has 2 heterocycles. The number of hydrogen-bond acceptors (Lipinski definition) is 5. The third kappa shape index (κ3) is 4.05. The number of nitrogens with zero attached hydrogens (tertiary/aromatic N) is 2. The second kappa shape index (κ2) is 7.61. The van der Waals surface area contributed by atoms with E-state index in [0.29, 0.717) is 16.5 Å². The topological polar surface area (TPSA) is 75.1 Å². The van der Waals surface area contributed by atoms with Crippen molar-refractivity contribution in [2.45, 2.75) is 26.7 Å². The number of carbonyl (C=O) groups is 1. The van der Waals surface area contributed by atoms with Gasteiger partial charge in [0.05, 0.1) is 11.3 Å². The zero-order chi connectivity index (χ0) is 18.7. The molecule has 134 valence electrons. The highest BCUT2D eigenvalue weighted by Crippen LogP contribution is 2.29. The summed E-state index contributed by atoms with van der Waals surface area (Å²) in [5.74, 6) is 0.298. The first-order valence-electron chi connectivity index (χ1n) is 8.17. The number of carboxylic acids is 1. The van der Waals surface area contributed by atoms with Crippen molar-refractivity contribution in [1.29, 1.82) is 0 Å². The van der Waals surface area contributed by atoms with Crippen molar-refractivity contribution in [1.82, 2.24) is 9.97 Å². The molecule has 0 aliphatic heterocycles. The van der Waals surface area contributed by atoms with Gasteiger partial charge in [0.25, 0.3) is 0 Å². The van der Waals surface area contributed by atoms with Crippen LogP contribution in [0, 0.1) is 12.1 Å². The van der Waals surface area contributed by atoms with Crippen molar-refractivity contribution in [2.24, 2.45) is 0 Å². The fraction of sp³-hybridized carbons (Fsp3) is 0.211. The molecule has 0 saturated heterocycles. The Morgan fingerprint density at radius 2 is 1.92 bits per heavy atom. The van der Waals surface area contributed by atoms with E-state index in [1.807, 2.05) is 26.0 Å². The van der Waals surface area contributed by atoms with Gasteiger partial charge in [0.15, 0.2) is 11.0 Å². The van der Waals surface area contributed by atoms with Crippen LogP contribution in [0.3, 0.4) is 0 Å². The molecule has 0 bridgehead atoms. The zero-order valence-corrected chi connectivity index (χ0v) is 15.2. The van der Waals surface area contributed by atoms with E-state index >= 15 is 0 Å². The van der Waals surface area contributed by atoms with Gasteiger partial charge in [-0.05, 0) is 43.2 Å². The first-order valence-corrected chi connectivity index (χ1v) is 8.99. The molecule has 0 atom stereocenters. The van der Waals surface area contributed by atoms with E-state index in [-0.39, 0.29) is 11.6 Å². The van der Waals surface area contributed by atoms with Crippen molar-refractivity contribution in [2.75, 3.05) is 5.32 Å². The van der Waals surface area contributed by atoms with Gasteiger partial charge in [-0.3, -0.25) is 4.79 Å². The van der Waals surface area contributed by atoms with Crippen LogP contribution in [-0.2, 0) is 17.6 Å². The number of benzene rings is 1. The van der Waals surface area contributed by atoms with Crippen LogP contribution in [-0.4, -0.2) is 21.0 Å². The van der Waals surface area contributed by atoms with Crippen LogP contribution >= 0.6 is 11.3 Å². The Labute approximate surface area is 154 Å². The lowest BCUT2D eigenvalue weighted by Crippen LogP contribution is -2.05. The second-order valence-corrected chi connectivity index (χ2v) is 6.84. The summed E-state index contributed by atoms with van der Waals surface area (Å²) in [6.45, 7) is 3.94. The standard InChI is InChI=1S/C19H18FN3O2S/c1-3-14-11(2)21-19(15-8-9-16(20)26-15)23-18(14)22-13-6-4-12(5-7-13)10-17(24)25/h4-9H,3,10H2,1-2H3,(H,24,25)(H,21,22,23). The number of rotatable bonds is 6. The Morgan fingerprint density at radius 3 is 2.50 bits per heavy atom. The minimum Gasteiger partial charge on any atom is -0.481 e. The van der Waals surface area contributed by atoms with Crippen molar-refractivity contribution in [3.05, 3.63) is 58.3 Å². The molecule has 0 unspecified atom stereocenters.